The monoisotopic (exact) mass is 349 g/mol. The highest BCUT2D eigenvalue weighted by atomic mass is 16.5. The number of amides is 1. The number of hydrogen-bond acceptors (Lipinski definition) is 3. The highest BCUT2D eigenvalue weighted by Gasteiger charge is 2.19. The van der Waals surface area contributed by atoms with Crippen LogP contribution in [0.5, 0.6) is 5.75 Å². The molecular weight excluding hydrogens is 326 g/mol. The van der Waals surface area contributed by atoms with Crippen molar-refractivity contribution in [2.75, 3.05) is 7.11 Å². The Labute approximate surface area is 153 Å². The number of carbonyl (C=O) groups excluding carboxylic acids is 1. The van der Waals surface area contributed by atoms with Crippen LogP contribution in [0.2, 0.25) is 0 Å². The molecule has 5 heteroatoms. The van der Waals surface area contributed by atoms with Crippen molar-refractivity contribution in [3.8, 4) is 22.7 Å². The third kappa shape index (κ3) is 3.77. The second kappa shape index (κ2) is 7.87. The van der Waals surface area contributed by atoms with Gasteiger partial charge in [0.25, 0.3) is 5.91 Å². The van der Waals surface area contributed by atoms with Gasteiger partial charge in [-0.15, -0.1) is 0 Å². The number of nitrogens with one attached hydrogen (secondary N) is 1. The summed E-state index contributed by atoms with van der Waals surface area (Å²) >= 11 is 0. The zero-order valence-corrected chi connectivity index (χ0v) is 15.3. The summed E-state index contributed by atoms with van der Waals surface area (Å²) in [4.78, 5) is 12.8. The number of carbonyl (C=O) groups is 1. The number of ether oxygens (including phenoxy) is 1. The maximum Gasteiger partial charge on any atom is 0.255 e. The predicted octanol–water partition coefficient (Wildman–Crippen LogP) is 4.08. The van der Waals surface area contributed by atoms with Gasteiger partial charge in [-0.25, -0.2) is 4.68 Å². The normalized spacial score (nSPS) is 11.8. The predicted molar refractivity (Wildman–Crippen MR) is 103 cm³/mol. The molecule has 3 rings (SSSR count). The Morgan fingerprint density at radius 3 is 2.46 bits per heavy atom. The van der Waals surface area contributed by atoms with E-state index in [-0.39, 0.29) is 11.9 Å². The number of benzene rings is 2. The highest BCUT2D eigenvalue weighted by molar-refractivity contribution is 6.00. The number of hydrogen-bond donors (Lipinski definition) is 1. The van der Waals surface area contributed by atoms with Gasteiger partial charge in [0.2, 0.25) is 0 Å². The second-order valence-electron chi connectivity index (χ2n) is 6.18. The molecule has 1 heterocycles. The first kappa shape index (κ1) is 17.7. The van der Waals surface area contributed by atoms with Crippen LogP contribution in [0.4, 0.5) is 0 Å². The van der Waals surface area contributed by atoms with Crippen molar-refractivity contribution >= 4 is 5.91 Å². The van der Waals surface area contributed by atoms with Gasteiger partial charge in [-0.3, -0.25) is 4.79 Å². The molecule has 1 amide bonds. The standard InChI is InChI=1S/C21H23N3O2/c1-4-15(2)22-21(25)19-14-24(17-8-6-5-7-9-17)23-20(19)16-10-12-18(26-3)13-11-16/h5-15H,4H2,1-3H3,(H,22,25). The maximum absolute atomic E-state index is 12.8. The fraction of sp³-hybridized carbons (Fsp3) is 0.238. The topological polar surface area (TPSA) is 56.2 Å². The van der Waals surface area contributed by atoms with Crippen LogP contribution in [0.15, 0.2) is 60.8 Å². The van der Waals surface area contributed by atoms with Gasteiger partial charge in [-0.05, 0) is 49.7 Å². The lowest BCUT2D eigenvalue weighted by atomic mass is 10.1. The molecule has 1 aromatic heterocycles. The Kier molecular flexibility index (Phi) is 5.37. The van der Waals surface area contributed by atoms with Gasteiger partial charge >= 0.3 is 0 Å². The molecule has 3 aromatic rings. The molecule has 0 aliphatic heterocycles. The summed E-state index contributed by atoms with van der Waals surface area (Å²) in [7, 11) is 1.63. The number of nitrogens with zero attached hydrogens (tertiary/aromatic N) is 2. The van der Waals surface area contributed by atoms with Gasteiger partial charge in [0.15, 0.2) is 0 Å². The summed E-state index contributed by atoms with van der Waals surface area (Å²) in [6, 6.07) is 17.4. The fourth-order valence-corrected chi connectivity index (χ4v) is 2.62. The van der Waals surface area contributed by atoms with Crippen molar-refractivity contribution < 1.29 is 9.53 Å². The third-order valence-electron chi connectivity index (χ3n) is 4.33. The van der Waals surface area contributed by atoms with Crippen molar-refractivity contribution in [3.63, 3.8) is 0 Å². The van der Waals surface area contributed by atoms with Crippen molar-refractivity contribution in [3.05, 3.63) is 66.4 Å². The van der Waals surface area contributed by atoms with Gasteiger partial charge in [0, 0.05) is 17.8 Å². The summed E-state index contributed by atoms with van der Waals surface area (Å²) in [6.07, 6.45) is 2.66. The van der Waals surface area contributed by atoms with E-state index in [0.29, 0.717) is 11.3 Å². The van der Waals surface area contributed by atoms with Gasteiger partial charge in [-0.1, -0.05) is 25.1 Å². The molecule has 0 spiro atoms. The van der Waals surface area contributed by atoms with Crippen LogP contribution >= 0.6 is 0 Å². The van der Waals surface area contributed by atoms with Gasteiger partial charge in [0.05, 0.1) is 18.4 Å². The smallest absolute Gasteiger partial charge is 0.255 e. The van der Waals surface area contributed by atoms with Crippen LogP contribution in [-0.2, 0) is 0 Å². The average Bonchev–Trinajstić information content (AvgIpc) is 3.14. The zero-order valence-electron chi connectivity index (χ0n) is 15.3. The van der Waals surface area contributed by atoms with E-state index in [1.54, 1.807) is 18.0 Å². The Hall–Kier alpha value is -3.08. The maximum atomic E-state index is 12.8. The molecule has 0 radical (unpaired) electrons. The molecule has 0 saturated heterocycles. The molecule has 0 aliphatic carbocycles. The molecule has 0 saturated carbocycles. The molecule has 26 heavy (non-hydrogen) atoms. The number of rotatable bonds is 6. The number of aromatic nitrogens is 2. The minimum atomic E-state index is -0.118. The molecule has 0 bridgehead atoms. The molecule has 1 N–H and O–H groups in total. The Morgan fingerprint density at radius 1 is 1.15 bits per heavy atom. The molecule has 1 atom stereocenters. The van der Waals surface area contributed by atoms with Crippen LogP contribution in [0, 0.1) is 0 Å². The van der Waals surface area contributed by atoms with E-state index in [0.717, 1.165) is 23.4 Å². The first-order valence-corrected chi connectivity index (χ1v) is 8.72. The Bertz CT molecular complexity index is 870. The van der Waals surface area contributed by atoms with E-state index in [2.05, 4.69) is 10.4 Å². The first-order valence-electron chi connectivity index (χ1n) is 8.72. The SMILES string of the molecule is CCC(C)NC(=O)c1cn(-c2ccccc2)nc1-c1ccc(OC)cc1. The van der Waals surface area contributed by atoms with Crippen LogP contribution in [0.1, 0.15) is 30.6 Å². The summed E-state index contributed by atoms with van der Waals surface area (Å²) < 4.78 is 6.96. The minimum Gasteiger partial charge on any atom is -0.497 e. The highest BCUT2D eigenvalue weighted by Crippen LogP contribution is 2.26. The Morgan fingerprint density at radius 2 is 1.85 bits per heavy atom. The van der Waals surface area contributed by atoms with Gasteiger partial charge in [-0.2, -0.15) is 5.10 Å². The molecule has 5 nitrogen and oxygen atoms in total. The number of methoxy groups -OCH3 is 1. The van der Waals surface area contributed by atoms with Gasteiger partial charge < -0.3 is 10.1 Å². The summed E-state index contributed by atoms with van der Waals surface area (Å²) in [5.41, 5.74) is 2.98. The molecule has 0 fully saturated rings. The van der Waals surface area contributed by atoms with E-state index >= 15 is 0 Å². The number of para-hydroxylation sites is 1. The molecule has 0 aliphatic rings. The second-order valence-corrected chi connectivity index (χ2v) is 6.18. The van der Waals surface area contributed by atoms with Crippen molar-refractivity contribution in [1.29, 1.82) is 0 Å². The van der Waals surface area contributed by atoms with E-state index in [1.807, 2.05) is 68.4 Å². The van der Waals surface area contributed by atoms with E-state index in [9.17, 15) is 4.79 Å². The molecule has 134 valence electrons. The van der Waals surface area contributed by atoms with E-state index < -0.39 is 0 Å². The quantitative estimate of drug-likeness (QED) is 0.730. The van der Waals surface area contributed by atoms with Crippen molar-refractivity contribution in [2.45, 2.75) is 26.3 Å². The van der Waals surface area contributed by atoms with Crippen molar-refractivity contribution in [2.24, 2.45) is 0 Å². The lowest BCUT2D eigenvalue weighted by molar-refractivity contribution is 0.0940. The van der Waals surface area contributed by atoms with Crippen molar-refractivity contribution in [1.82, 2.24) is 15.1 Å². The average molecular weight is 349 g/mol. The summed E-state index contributed by atoms with van der Waals surface area (Å²) in [5.74, 6) is 0.647. The van der Waals surface area contributed by atoms with Gasteiger partial charge in [0.1, 0.15) is 11.4 Å². The lowest BCUT2D eigenvalue weighted by Crippen LogP contribution is -2.32. The Balaban J connectivity index is 2.04. The minimum absolute atomic E-state index is 0.103. The van der Waals surface area contributed by atoms with Crippen LogP contribution < -0.4 is 10.1 Å². The fourth-order valence-electron chi connectivity index (χ4n) is 2.62. The summed E-state index contributed by atoms with van der Waals surface area (Å²) in [5, 5.41) is 7.70. The first-order chi connectivity index (χ1) is 12.6. The zero-order chi connectivity index (χ0) is 18.5. The van der Waals surface area contributed by atoms with Crippen LogP contribution in [0.25, 0.3) is 16.9 Å². The largest absolute Gasteiger partial charge is 0.497 e. The van der Waals surface area contributed by atoms with Crippen LogP contribution in [0.3, 0.4) is 0 Å². The lowest BCUT2D eigenvalue weighted by Gasteiger charge is -2.11. The summed E-state index contributed by atoms with van der Waals surface area (Å²) in [6.45, 7) is 4.04. The third-order valence-corrected chi connectivity index (χ3v) is 4.33. The molecule has 1 unspecified atom stereocenters. The van der Waals surface area contributed by atoms with E-state index in [1.165, 1.54) is 0 Å². The van der Waals surface area contributed by atoms with Crippen LogP contribution in [-0.4, -0.2) is 28.8 Å². The van der Waals surface area contributed by atoms with E-state index in [4.69, 9.17) is 4.74 Å². The molecule has 2 aromatic carbocycles. The molecular formula is C21H23N3O2.